The molecule has 0 aromatic carbocycles. The summed E-state index contributed by atoms with van der Waals surface area (Å²) in [6.45, 7) is 0. The first-order valence-electron chi connectivity index (χ1n) is 3.20. The fraction of sp³-hybridized carbons (Fsp3) is 0. The van der Waals surface area contributed by atoms with Crippen LogP contribution in [0.15, 0.2) is 6.07 Å². The van der Waals surface area contributed by atoms with Gasteiger partial charge in [-0.25, -0.2) is 4.79 Å². The molecule has 0 amide bonds. The highest BCUT2D eigenvalue weighted by Crippen LogP contribution is 2.35. The van der Waals surface area contributed by atoms with Crippen LogP contribution in [-0.2, 0) is 0 Å². The molecule has 0 spiro atoms. The van der Waals surface area contributed by atoms with Crippen LogP contribution in [-0.4, -0.2) is 11.1 Å². The minimum absolute atomic E-state index is 0.0457. The molecule has 2 aromatic rings. The summed E-state index contributed by atoms with van der Waals surface area (Å²) < 4.78 is 25.8. The Morgan fingerprint density at radius 2 is 2.00 bits per heavy atom. The lowest BCUT2D eigenvalue weighted by Gasteiger charge is -1.81. The third kappa shape index (κ3) is 1.22. The van der Waals surface area contributed by atoms with Gasteiger partial charge < -0.3 is 5.11 Å². The minimum atomic E-state index is -1.16. The summed E-state index contributed by atoms with van der Waals surface area (Å²) in [7, 11) is 0. The molecule has 68 valence electrons. The molecule has 0 fully saturated rings. The van der Waals surface area contributed by atoms with E-state index in [0.29, 0.717) is 11.3 Å². The van der Waals surface area contributed by atoms with E-state index >= 15 is 0 Å². The highest BCUT2D eigenvalue weighted by molar-refractivity contribution is 7.24. The second-order valence-corrected chi connectivity index (χ2v) is 4.28. The summed E-state index contributed by atoms with van der Waals surface area (Å²) >= 11 is 1.14. The first-order chi connectivity index (χ1) is 6.09. The van der Waals surface area contributed by atoms with E-state index in [1.807, 2.05) is 0 Å². The number of aromatic carboxylic acids is 1. The molecule has 0 atom stereocenters. The van der Waals surface area contributed by atoms with Gasteiger partial charge >= 0.3 is 5.97 Å². The lowest BCUT2D eigenvalue weighted by atomic mass is 10.3. The third-order valence-electron chi connectivity index (χ3n) is 1.51. The Bertz CT molecular complexity index is 451. The van der Waals surface area contributed by atoms with Gasteiger partial charge in [-0.05, 0) is 6.07 Å². The molecule has 2 rings (SSSR count). The zero-order chi connectivity index (χ0) is 9.59. The van der Waals surface area contributed by atoms with Gasteiger partial charge in [-0.2, -0.15) is 8.78 Å². The molecular weight excluding hydrogens is 218 g/mol. The minimum Gasteiger partial charge on any atom is -0.477 e. The van der Waals surface area contributed by atoms with Crippen LogP contribution in [0.2, 0.25) is 0 Å². The van der Waals surface area contributed by atoms with E-state index in [9.17, 15) is 13.6 Å². The Labute approximate surface area is 79.0 Å². The molecule has 0 bridgehead atoms. The maximum Gasteiger partial charge on any atom is 0.345 e. The summed E-state index contributed by atoms with van der Waals surface area (Å²) in [6.07, 6.45) is 0. The molecule has 0 aliphatic heterocycles. The molecule has 2 aromatic heterocycles. The Hall–Kier alpha value is -1.01. The number of hydrogen-bond acceptors (Lipinski definition) is 3. The van der Waals surface area contributed by atoms with Crippen molar-refractivity contribution in [2.24, 2.45) is 0 Å². The van der Waals surface area contributed by atoms with Crippen LogP contribution in [0.4, 0.5) is 8.78 Å². The molecule has 0 radical (unpaired) electrons. The molecule has 13 heavy (non-hydrogen) atoms. The average Bonchev–Trinajstić information content (AvgIpc) is 2.55. The van der Waals surface area contributed by atoms with Crippen molar-refractivity contribution in [2.45, 2.75) is 0 Å². The largest absolute Gasteiger partial charge is 0.477 e. The Balaban J connectivity index is 2.76. The Kier molecular flexibility index (Phi) is 1.81. The third-order valence-corrected chi connectivity index (χ3v) is 3.54. The van der Waals surface area contributed by atoms with Gasteiger partial charge in [0.2, 0.25) is 0 Å². The molecule has 1 N–H and O–H groups in total. The number of rotatable bonds is 1. The van der Waals surface area contributed by atoms with Gasteiger partial charge in [0.1, 0.15) is 4.88 Å². The van der Waals surface area contributed by atoms with Crippen LogP contribution in [0.5, 0.6) is 0 Å². The van der Waals surface area contributed by atoms with E-state index in [1.165, 1.54) is 0 Å². The molecular formula is C7H2F2O2S2. The smallest absolute Gasteiger partial charge is 0.345 e. The van der Waals surface area contributed by atoms with Crippen LogP contribution >= 0.6 is 22.7 Å². The van der Waals surface area contributed by atoms with Gasteiger partial charge in [-0.3, -0.25) is 0 Å². The van der Waals surface area contributed by atoms with Gasteiger partial charge in [-0.1, -0.05) is 11.3 Å². The van der Waals surface area contributed by atoms with Crippen LogP contribution in [0.25, 0.3) is 10.1 Å². The molecule has 0 saturated heterocycles. The number of carbonyl (C=O) groups is 1. The predicted molar refractivity (Wildman–Crippen MR) is 46.6 cm³/mol. The number of carboxylic acid groups (broad SMARTS) is 1. The standard InChI is InChI=1S/C7H2F2O2S2/c8-5-2-1-3(7(10)11)12-4(2)6(9)13-5/h1H,(H,10,11). The van der Waals surface area contributed by atoms with Crippen LogP contribution < -0.4 is 0 Å². The molecule has 0 aliphatic carbocycles. The van der Waals surface area contributed by atoms with Gasteiger partial charge in [-0.15, -0.1) is 11.3 Å². The van der Waals surface area contributed by atoms with Crippen molar-refractivity contribution >= 4 is 38.7 Å². The predicted octanol–water partition coefficient (Wildman–Crippen LogP) is 2.94. The SMILES string of the molecule is O=C(O)c1cc2c(F)sc(F)c2s1. The Morgan fingerprint density at radius 3 is 2.54 bits per heavy atom. The quantitative estimate of drug-likeness (QED) is 0.802. The van der Waals surface area contributed by atoms with E-state index in [0.717, 1.165) is 17.4 Å². The topological polar surface area (TPSA) is 37.3 Å². The monoisotopic (exact) mass is 220 g/mol. The van der Waals surface area contributed by atoms with Crippen molar-refractivity contribution in [3.05, 3.63) is 21.2 Å². The van der Waals surface area contributed by atoms with E-state index in [2.05, 4.69) is 0 Å². The summed E-state index contributed by atoms with van der Waals surface area (Å²) in [6, 6.07) is 1.15. The van der Waals surface area contributed by atoms with Gasteiger partial charge in [0.25, 0.3) is 0 Å². The van der Waals surface area contributed by atoms with Crippen molar-refractivity contribution in [1.29, 1.82) is 0 Å². The van der Waals surface area contributed by atoms with Crippen molar-refractivity contribution < 1.29 is 18.7 Å². The zero-order valence-corrected chi connectivity index (χ0v) is 7.64. The van der Waals surface area contributed by atoms with Gasteiger partial charge in [0, 0.05) is 5.39 Å². The number of halogens is 2. The van der Waals surface area contributed by atoms with E-state index in [1.54, 1.807) is 0 Å². The number of fused-ring (bicyclic) bond motifs is 1. The zero-order valence-electron chi connectivity index (χ0n) is 6.01. The second kappa shape index (κ2) is 2.74. The fourth-order valence-corrected chi connectivity index (χ4v) is 2.74. The fourth-order valence-electron chi connectivity index (χ4n) is 0.968. The van der Waals surface area contributed by atoms with E-state index in [4.69, 9.17) is 5.11 Å². The lowest BCUT2D eigenvalue weighted by Crippen LogP contribution is -1.89. The van der Waals surface area contributed by atoms with Crippen molar-refractivity contribution in [2.75, 3.05) is 0 Å². The molecule has 2 heterocycles. The van der Waals surface area contributed by atoms with Gasteiger partial charge in [0.05, 0.1) is 4.70 Å². The average molecular weight is 220 g/mol. The number of hydrogen-bond donors (Lipinski definition) is 1. The molecule has 2 nitrogen and oxygen atoms in total. The summed E-state index contributed by atoms with van der Waals surface area (Å²) in [5.74, 6) is -1.16. The Morgan fingerprint density at radius 1 is 1.31 bits per heavy atom. The van der Waals surface area contributed by atoms with Crippen LogP contribution in [0, 0.1) is 10.3 Å². The molecule has 0 unspecified atom stereocenters. The van der Waals surface area contributed by atoms with E-state index < -0.39 is 16.2 Å². The van der Waals surface area contributed by atoms with Crippen LogP contribution in [0.3, 0.4) is 0 Å². The molecule has 6 heteroatoms. The van der Waals surface area contributed by atoms with Gasteiger partial charge in [0.15, 0.2) is 10.3 Å². The maximum absolute atomic E-state index is 12.9. The number of carboxylic acids is 1. The first kappa shape index (κ1) is 8.58. The first-order valence-corrected chi connectivity index (χ1v) is 4.83. The molecule has 0 aliphatic rings. The number of thiophene rings is 2. The highest BCUT2D eigenvalue weighted by atomic mass is 32.1. The summed E-state index contributed by atoms with van der Waals surface area (Å²) in [5.41, 5.74) is 0. The summed E-state index contributed by atoms with van der Waals surface area (Å²) in [4.78, 5) is 10.4. The van der Waals surface area contributed by atoms with Crippen LogP contribution in [0.1, 0.15) is 9.67 Å². The van der Waals surface area contributed by atoms with Crippen molar-refractivity contribution in [1.82, 2.24) is 0 Å². The molecule has 0 saturated carbocycles. The maximum atomic E-state index is 12.9. The normalized spacial score (nSPS) is 10.9. The highest BCUT2D eigenvalue weighted by Gasteiger charge is 2.17. The van der Waals surface area contributed by atoms with Crippen molar-refractivity contribution in [3.63, 3.8) is 0 Å². The van der Waals surface area contributed by atoms with E-state index in [-0.39, 0.29) is 15.0 Å². The second-order valence-electron chi connectivity index (χ2n) is 2.31. The van der Waals surface area contributed by atoms with Crippen molar-refractivity contribution in [3.8, 4) is 0 Å². The lowest BCUT2D eigenvalue weighted by molar-refractivity contribution is 0.0702. The summed E-state index contributed by atoms with van der Waals surface area (Å²) in [5, 5.41) is 7.28.